The van der Waals surface area contributed by atoms with Gasteiger partial charge < -0.3 is 9.88 Å². The number of nitrogens with one attached hydrogen (secondary N) is 1. The maximum atomic E-state index is 4.52. The number of aromatic nitrogens is 2. The molecule has 3 aromatic rings. The lowest BCUT2D eigenvalue weighted by molar-refractivity contribution is 0.395. The maximum absolute atomic E-state index is 4.52. The predicted molar refractivity (Wildman–Crippen MR) is 92.7 cm³/mol. The molecule has 2 atom stereocenters. The normalized spacial score (nSPS) is 22.0. The lowest BCUT2D eigenvalue weighted by Crippen LogP contribution is -2.46. The Kier molecular flexibility index (Phi) is 2.71. The molecule has 0 fully saturated rings. The highest BCUT2D eigenvalue weighted by Gasteiger charge is 2.37. The van der Waals surface area contributed by atoms with Gasteiger partial charge in [-0.25, -0.2) is 0 Å². The molecule has 4 heterocycles. The van der Waals surface area contributed by atoms with E-state index >= 15 is 0 Å². The van der Waals surface area contributed by atoms with Gasteiger partial charge in [0.25, 0.3) is 0 Å². The minimum Gasteiger partial charge on any atom is -0.346 e. The maximum Gasteiger partial charge on any atom is 0.0754 e. The fourth-order valence-electron chi connectivity index (χ4n) is 4.66. The first-order valence-corrected chi connectivity index (χ1v) is 8.55. The smallest absolute Gasteiger partial charge is 0.0754 e. The summed E-state index contributed by atoms with van der Waals surface area (Å²) < 4.78 is 2.38. The zero-order valence-corrected chi connectivity index (χ0v) is 13.6. The molecule has 23 heavy (non-hydrogen) atoms. The van der Waals surface area contributed by atoms with E-state index in [4.69, 9.17) is 0 Å². The van der Waals surface area contributed by atoms with E-state index in [-0.39, 0.29) is 6.04 Å². The number of benzene rings is 1. The van der Waals surface area contributed by atoms with E-state index in [1.807, 2.05) is 0 Å². The van der Waals surface area contributed by atoms with Crippen molar-refractivity contribution in [1.82, 2.24) is 14.9 Å². The average Bonchev–Trinajstić information content (AvgIpc) is 2.87. The third-order valence-corrected chi connectivity index (χ3v) is 5.71. The van der Waals surface area contributed by atoms with E-state index in [0.29, 0.717) is 6.04 Å². The van der Waals surface area contributed by atoms with Crippen molar-refractivity contribution < 1.29 is 0 Å². The number of nitrogens with zero attached hydrogens (tertiary/aromatic N) is 2. The minimum atomic E-state index is 0.281. The second-order valence-electron chi connectivity index (χ2n) is 6.86. The van der Waals surface area contributed by atoms with Gasteiger partial charge in [-0.05, 0) is 47.6 Å². The minimum absolute atomic E-state index is 0.281. The Morgan fingerprint density at radius 3 is 2.87 bits per heavy atom. The number of hydrogen-bond acceptors (Lipinski definition) is 2. The van der Waals surface area contributed by atoms with Crippen LogP contribution in [0.3, 0.4) is 0 Å². The quantitative estimate of drug-likeness (QED) is 0.747. The van der Waals surface area contributed by atoms with E-state index < -0.39 is 0 Å². The number of aryl methyl sites for hydroxylation is 2. The van der Waals surface area contributed by atoms with Crippen LogP contribution >= 0.6 is 0 Å². The molecule has 5 rings (SSSR count). The Hall–Kier alpha value is -2.13. The van der Waals surface area contributed by atoms with Crippen molar-refractivity contribution in [3.8, 4) is 0 Å². The van der Waals surface area contributed by atoms with E-state index in [1.54, 1.807) is 0 Å². The molecule has 0 radical (unpaired) electrons. The Labute approximate surface area is 136 Å². The summed E-state index contributed by atoms with van der Waals surface area (Å²) in [6.07, 6.45) is 7.45. The number of pyridine rings is 1. The summed E-state index contributed by atoms with van der Waals surface area (Å²) in [7, 11) is 2.20. The Bertz CT molecular complexity index is 922. The number of hydrogen-bond donors (Lipinski definition) is 1. The summed E-state index contributed by atoms with van der Waals surface area (Å²) in [4.78, 5) is 4.52. The molecule has 2 bridgehead atoms. The van der Waals surface area contributed by atoms with Crippen LogP contribution in [0.2, 0.25) is 0 Å². The molecular weight excluding hydrogens is 282 g/mol. The Morgan fingerprint density at radius 2 is 2.00 bits per heavy atom. The second-order valence-corrected chi connectivity index (χ2v) is 6.86. The van der Waals surface area contributed by atoms with Gasteiger partial charge in [-0.1, -0.05) is 25.1 Å². The summed E-state index contributed by atoms with van der Waals surface area (Å²) in [6.45, 7) is 2.23. The van der Waals surface area contributed by atoms with Crippen LogP contribution in [0.25, 0.3) is 10.9 Å². The fourth-order valence-corrected chi connectivity index (χ4v) is 4.66. The van der Waals surface area contributed by atoms with E-state index in [9.17, 15) is 0 Å². The van der Waals surface area contributed by atoms with Crippen molar-refractivity contribution in [3.05, 3.63) is 64.6 Å². The molecule has 0 amide bonds. The van der Waals surface area contributed by atoms with Crippen molar-refractivity contribution in [2.75, 3.05) is 0 Å². The molecule has 3 nitrogen and oxygen atoms in total. The zero-order valence-electron chi connectivity index (χ0n) is 13.6. The molecule has 2 aliphatic heterocycles. The molecule has 1 N–H and O–H groups in total. The van der Waals surface area contributed by atoms with Gasteiger partial charge in [0.1, 0.15) is 0 Å². The Balaban J connectivity index is 1.81. The van der Waals surface area contributed by atoms with Gasteiger partial charge in [0.2, 0.25) is 0 Å². The standard InChI is InChI=1S/C20H21N3/c1-3-12-10-21-11-17-15(12)8-13-9-16-14-6-4-5-7-18(14)23(2)20(16)19(17)22-13/h4-7,10-11,13,19,22H,3,8-9H2,1-2H3/t13-,19+/m1/s1. The van der Waals surface area contributed by atoms with Gasteiger partial charge in [0.05, 0.1) is 6.04 Å². The number of para-hydroxylation sites is 1. The fraction of sp³-hybridized carbons (Fsp3) is 0.350. The topological polar surface area (TPSA) is 29.9 Å². The molecule has 116 valence electrons. The van der Waals surface area contributed by atoms with Crippen LogP contribution in [0.5, 0.6) is 0 Å². The molecule has 2 aromatic heterocycles. The van der Waals surface area contributed by atoms with Gasteiger partial charge in [-0.3, -0.25) is 4.98 Å². The monoisotopic (exact) mass is 303 g/mol. The van der Waals surface area contributed by atoms with E-state index in [0.717, 1.165) is 19.3 Å². The van der Waals surface area contributed by atoms with Crippen LogP contribution in [-0.2, 0) is 26.3 Å². The lowest BCUT2D eigenvalue weighted by Gasteiger charge is -2.39. The third kappa shape index (κ3) is 1.71. The van der Waals surface area contributed by atoms with E-state index in [2.05, 4.69) is 65.5 Å². The number of fused-ring (bicyclic) bond motifs is 8. The molecular formula is C20H21N3. The molecule has 0 unspecified atom stereocenters. The van der Waals surface area contributed by atoms with Crippen LogP contribution in [0.15, 0.2) is 36.7 Å². The van der Waals surface area contributed by atoms with Gasteiger partial charge >= 0.3 is 0 Å². The lowest BCUT2D eigenvalue weighted by atomic mass is 9.79. The first-order valence-electron chi connectivity index (χ1n) is 8.55. The van der Waals surface area contributed by atoms with Crippen molar-refractivity contribution in [3.63, 3.8) is 0 Å². The van der Waals surface area contributed by atoms with Crippen molar-refractivity contribution in [2.24, 2.45) is 7.05 Å². The van der Waals surface area contributed by atoms with Gasteiger partial charge in [0, 0.05) is 42.1 Å². The van der Waals surface area contributed by atoms with Crippen molar-refractivity contribution in [1.29, 1.82) is 0 Å². The first kappa shape index (κ1) is 13.3. The predicted octanol–water partition coefficient (Wildman–Crippen LogP) is 3.30. The molecule has 1 aromatic carbocycles. The first-order chi connectivity index (χ1) is 11.3. The molecule has 3 heteroatoms. The Morgan fingerprint density at radius 1 is 1.17 bits per heavy atom. The van der Waals surface area contributed by atoms with Crippen molar-refractivity contribution in [2.45, 2.75) is 38.3 Å². The summed E-state index contributed by atoms with van der Waals surface area (Å²) in [5.41, 5.74) is 8.64. The third-order valence-electron chi connectivity index (χ3n) is 5.71. The van der Waals surface area contributed by atoms with Crippen LogP contribution < -0.4 is 5.32 Å². The van der Waals surface area contributed by atoms with Crippen LogP contribution in [-0.4, -0.2) is 15.6 Å². The molecule has 0 saturated heterocycles. The molecule has 0 spiro atoms. The summed E-state index contributed by atoms with van der Waals surface area (Å²) in [6, 6.07) is 9.63. The molecule has 2 aliphatic rings. The second kappa shape index (κ2) is 4.68. The van der Waals surface area contributed by atoms with Crippen molar-refractivity contribution >= 4 is 10.9 Å². The highest BCUT2D eigenvalue weighted by Crippen LogP contribution is 2.41. The summed E-state index contributed by atoms with van der Waals surface area (Å²) >= 11 is 0. The highest BCUT2D eigenvalue weighted by molar-refractivity contribution is 5.86. The van der Waals surface area contributed by atoms with Gasteiger partial charge in [-0.15, -0.1) is 0 Å². The summed E-state index contributed by atoms with van der Waals surface area (Å²) in [5, 5.41) is 5.28. The van der Waals surface area contributed by atoms with E-state index in [1.165, 1.54) is 38.9 Å². The van der Waals surface area contributed by atoms with Crippen LogP contribution in [0, 0.1) is 0 Å². The average molecular weight is 303 g/mol. The SMILES string of the molecule is CCc1cncc2c1C[C@@H]1Cc3c(n(C)c4ccccc34)[C@H]2N1. The molecule has 0 aliphatic carbocycles. The largest absolute Gasteiger partial charge is 0.346 e. The van der Waals surface area contributed by atoms with Gasteiger partial charge in [0.15, 0.2) is 0 Å². The number of rotatable bonds is 1. The van der Waals surface area contributed by atoms with Crippen LogP contribution in [0.1, 0.15) is 40.9 Å². The highest BCUT2D eigenvalue weighted by atomic mass is 15.1. The van der Waals surface area contributed by atoms with Gasteiger partial charge in [-0.2, -0.15) is 0 Å². The zero-order chi connectivity index (χ0) is 15.6. The molecule has 0 saturated carbocycles. The van der Waals surface area contributed by atoms with Crippen LogP contribution in [0.4, 0.5) is 0 Å². The summed E-state index contributed by atoms with van der Waals surface area (Å²) in [5.74, 6) is 0.